The highest BCUT2D eigenvalue weighted by Crippen LogP contribution is 2.18. The fourth-order valence-corrected chi connectivity index (χ4v) is 2.79. The third kappa shape index (κ3) is 5.87. The molecule has 0 aromatic heterocycles. The van der Waals surface area contributed by atoms with Gasteiger partial charge in [0.25, 0.3) is 0 Å². The summed E-state index contributed by atoms with van der Waals surface area (Å²) >= 11 is 4.96. The molecule has 1 unspecified atom stereocenters. The summed E-state index contributed by atoms with van der Waals surface area (Å²) < 4.78 is 0. The third-order valence-corrected chi connectivity index (χ3v) is 4.21. The summed E-state index contributed by atoms with van der Waals surface area (Å²) in [6.45, 7) is 5.13. The molecule has 0 radical (unpaired) electrons. The lowest BCUT2D eigenvalue weighted by molar-refractivity contribution is -0.123. The number of carbonyl (C=O) groups is 1. The van der Waals surface area contributed by atoms with Gasteiger partial charge in [-0.25, -0.2) is 0 Å². The first-order chi connectivity index (χ1) is 9.04. The average molecular weight is 285 g/mol. The Bertz CT molecular complexity index is 301. The molecule has 0 spiro atoms. The lowest BCUT2D eigenvalue weighted by Gasteiger charge is -2.29. The van der Waals surface area contributed by atoms with E-state index >= 15 is 0 Å². The number of carbonyl (C=O) groups excluding carboxylic acids is 1. The van der Waals surface area contributed by atoms with Crippen molar-refractivity contribution in [3.63, 3.8) is 0 Å². The fourth-order valence-electron chi connectivity index (χ4n) is 2.56. The molecular formula is C14H27N3OS. The van der Waals surface area contributed by atoms with Crippen molar-refractivity contribution < 1.29 is 4.79 Å². The average Bonchev–Trinajstić information content (AvgIpc) is 2.37. The Hall–Kier alpha value is -0.680. The molecule has 0 aliphatic carbocycles. The molecule has 1 atom stereocenters. The quantitative estimate of drug-likeness (QED) is 0.697. The number of nitrogens with one attached hydrogen (secondary N) is 1. The maximum Gasteiger partial charge on any atom is 0.229 e. The van der Waals surface area contributed by atoms with Crippen LogP contribution in [0.2, 0.25) is 0 Å². The molecule has 19 heavy (non-hydrogen) atoms. The van der Waals surface area contributed by atoms with Gasteiger partial charge in [-0.3, -0.25) is 4.79 Å². The second-order valence-corrected chi connectivity index (χ2v) is 6.04. The van der Waals surface area contributed by atoms with Crippen molar-refractivity contribution in [2.45, 2.75) is 39.0 Å². The Morgan fingerprint density at radius 1 is 1.47 bits per heavy atom. The molecule has 1 heterocycles. The van der Waals surface area contributed by atoms with Crippen LogP contribution in [-0.4, -0.2) is 42.5 Å². The monoisotopic (exact) mass is 285 g/mol. The maximum atomic E-state index is 12.0. The standard InChI is InChI=1S/C14H27N3OS/c1-3-4-12(13(15)19)14(18)16-8-5-11-6-9-17(2)10-7-11/h11-12H,3-10H2,1-2H3,(H2,15,19)(H,16,18). The van der Waals surface area contributed by atoms with Crippen molar-refractivity contribution in [3.8, 4) is 0 Å². The van der Waals surface area contributed by atoms with Gasteiger partial charge in [-0.15, -0.1) is 0 Å². The summed E-state index contributed by atoms with van der Waals surface area (Å²) in [4.78, 5) is 14.7. The molecular weight excluding hydrogens is 258 g/mol. The lowest BCUT2D eigenvalue weighted by Crippen LogP contribution is -2.39. The first-order valence-corrected chi connectivity index (χ1v) is 7.71. The van der Waals surface area contributed by atoms with Crippen LogP contribution in [0.25, 0.3) is 0 Å². The predicted molar refractivity (Wildman–Crippen MR) is 83.0 cm³/mol. The van der Waals surface area contributed by atoms with Crippen LogP contribution in [0.4, 0.5) is 0 Å². The first-order valence-electron chi connectivity index (χ1n) is 7.30. The van der Waals surface area contributed by atoms with Crippen molar-refractivity contribution in [2.75, 3.05) is 26.7 Å². The van der Waals surface area contributed by atoms with Crippen molar-refractivity contribution in [1.82, 2.24) is 10.2 Å². The zero-order valence-corrected chi connectivity index (χ0v) is 13.0. The number of hydrogen-bond acceptors (Lipinski definition) is 3. The van der Waals surface area contributed by atoms with Gasteiger partial charge in [0.05, 0.1) is 10.9 Å². The summed E-state index contributed by atoms with van der Waals surface area (Å²) in [6.07, 6.45) is 5.20. The van der Waals surface area contributed by atoms with Crippen LogP contribution in [0.3, 0.4) is 0 Å². The minimum atomic E-state index is -0.294. The second-order valence-electron chi connectivity index (χ2n) is 5.57. The summed E-state index contributed by atoms with van der Waals surface area (Å²) in [7, 11) is 2.16. The number of likely N-dealkylation sites (tertiary alicyclic amines) is 1. The second kappa shape index (κ2) is 8.48. The van der Waals surface area contributed by atoms with Crippen LogP contribution in [0, 0.1) is 11.8 Å². The summed E-state index contributed by atoms with van der Waals surface area (Å²) in [5.41, 5.74) is 5.62. The molecule has 0 aromatic carbocycles. The zero-order chi connectivity index (χ0) is 14.3. The molecule has 1 aliphatic rings. The summed E-state index contributed by atoms with van der Waals surface area (Å²) in [6, 6.07) is 0. The molecule has 0 aromatic rings. The van der Waals surface area contributed by atoms with E-state index in [0.717, 1.165) is 31.7 Å². The van der Waals surface area contributed by atoms with Gasteiger partial charge in [0.2, 0.25) is 5.91 Å². The molecule has 1 saturated heterocycles. The van der Waals surface area contributed by atoms with E-state index in [9.17, 15) is 4.79 Å². The van der Waals surface area contributed by atoms with Crippen LogP contribution in [-0.2, 0) is 4.79 Å². The SMILES string of the molecule is CCCC(C(=O)NCCC1CCN(C)CC1)C(N)=S. The van der Waals surface area contributed by atoms with E-state index in [1.165, 1.54) is 25.9 Å². The smallest absolute Gasteiger partial charge is 0.229 e. The molecule has 1 amide bonds. The van der Waals surface area contributed by atoms with Crippen LogP contribution in [0.5, 0.6) is 0 Å². The van der Waals surface area contributed by atoms with Crippen LogP contribution in [0.15, 0.2) is 0 Å². The Kier molecular flexibility index (Phi) is 7.31. The van der Waals surface area contributed by atoms with Gasteiger partial charge < -0.3 is 16.0 Å². The normalized spacial score (nSPS) is 19.1. The van der Waals surface area contributed by atoms with Crippen molar-refractivity contribution in [2.24, 2.45) is 17.6 Å². The van der Waals surface area contributed by atoms with Crippen LogP contribution in [0.1, 0.15) is 39.0 Å². The molecule has 3 N–H and O–H groups in total. The highest BCUT2D eigenvalue weighted by Gasteiger charge is 2.21. The molecule has 5 heteroatoms. The van der Waals surface area contributed by atoms with Gasteiger partial charge in [0.1, 0.15) is 0 Å². The van der Waals surface area contributed by atoms with Gasteiger partial charge in [-0.2, -0.15) is 0 Å². The van der Waals surface area contributed by atoms with E-state index in [4.69, 9.17) is 18.0 Å². The fraction of sp³-hybridized carbons (Fsp3) is 0.857. The molecule has 110 valence electrons. The van der Waals surface area contributed by atoms with Crippen molar-refractivity contribution in [3.05, 3.63) is 0 Å². The molecule has 1 aliphatic heterocycles. The van der Waals surface area contributed by atoms with Crippen LogP contribution >= 0.6 is 12.2 Å². The third-order valence-electron chi connectivity index (χ3n) is 3.93. The first kappa shape index (κ1) is 16.4. The van der Waals surface area contributed by atoms with Gasteiger partial charge in [0.15, 0.2) is 0 Å². The van der Waals surface area contributed by atoms with E-state index in [1.807, 2.05) is 6.92 Å². The number of nitrogens with two attached hydrogens (primary N) is 1. The zero-order valence-electron chi connectivity index (χ0n) is 12.2. The minimum Gasteiger partial charge on any atom is -0.393 e. The van der Waals surface area contributed by atoms with Gasteiger partial charge in [-0.1, -0.05) is 25.6 Å². The summed E-state index contributed by atoms with van der Waals surface area (Å²) in [5.74, 6) is 0.450. The molecule has 1 fully saturated rings. The van der Waals surface area contributed by atoms with E-state index in [-0.39, 0.29) is 11.8 Å². The van der Waals surface area contributed by atoms with Gasteiger partial charge in [0, 0.05) is 6.54 Å². The molecule has 0 bridgehead atoms. The number of amides is 1. The van der Waals surface area contributed by atoms with E-state index in [2.05, 4.69) is 17.3 Å². The molecule has 0 saturated carbocycles. The number of thiocarbonyl (C=S) groups is 1. The van der Waals surface area contributed by atoms with E-state index in [1.54, 1.807) is 0 Å². The highest BCUT2D eigenvalue weighted by molar-refractivity contribution is 7.80. The van der Waals surface area contributed by atoms with Crippen molar-refractivity contribution in [1.29, 1.82) is 0 Å². The largest absolute Gasteiger partial charge is 0.393 e. The Morgan fingerprint density at radius 2 is 2.11 bits per heavy atom. The maximum absolute atomic E-state index is 12.0. The Labute approximate surface area is 122 Å². The van der Waals surface area contributed by atoms with E-state index in [0.29, 0.717) is 4.99 Å². The lowest BCUT2D eigenvalue weighted by atomic mass is 9.93. The van der Waals surface area contributed by atoms with Gasteiger partial charge >= 0.3 is 0 Å². The summed E-state index contributed by atoms with van der Waals surface area (Å²) in [5, 5.41) is 2.99. The highest BCUT2D eigenvalue weighted by atomic mass is 32.1. The minimum absolute atomic E-state index is 0.00211. The number of piperidine rings is 1. The van der Waals surface area contributed by atoms with Gasteiger partial charge in [-0.05, 0) is 51.7 Å². The molecule has 1 rings (SSSR count). The van der Waals surface area contributed by atoms with E-state index < -0.39 is 0 Å². The number of rotatable bonds is 7. The van der Waals surface area contributed by atoms with Crippen LogP contribution < -0.4 is 11.1 Å². The number of nitrogens with zero attached hydrogens (tertiary/aromatic N) is 1. The topological polar surface area (TPSA) is 58.4 Å². The molecule has 4 nitrogen and oxygen atoms in total. The number of hydrogen-bond donors (Lipinski definition) is 2. The predicted octanol–water partition coefficient (Wildman–Crippen LogP) is 1.54. The van der Waals surface area contributed by atoms with Crippen molar-refractivity contribution >= 4 is 23.1 Å². The Morgan fingerprint density at radius 3 is 2.63 bits per heavy atom. The Balaban J connectivity index is 2.24.